The molecule has 0 unspecified atom stereocenters. The number of alkyl halides is 4. The third kappa shape index (κ3) is 2.93. The number of halogens is 4. The van der Waals surface area contributed by atoms with Crippen LogP contribution in [0.15, 0.2) is 0 Å². The Hall–Kier alpha value is -0.100. The molecule has 1 saturated heterocycles. The average Bonchev–Trinajstić information content (AvgIpc) is 2.30. The lowest BCUT2D eigenvalue weighted by Crippen LogP contribution is -2.38. The van der Waals surface area contributed by atoms with Crippen LogP contribution in [0.2, 0.25) is 0 Å². The first-order chi connectivity index (χ1) is 6.73. The summed E-state index contributed by atoms with van der Waals surface area (Å²) in [5.74, 6) is -0.734. The first-order valence-electron chi connectivity index (χ1n) is 3.62. The molecule has 1 fully saturated rings. The summed E-state index contributed by atoms with van der Waals surface area (Å²) >= 11 is 22.2. The fourth-order valence-electron chi connectivity index (χ4n) is 0.889. The summed E-state index contributed by atoms with van der Waals surface area (Å²) < 4.78 is 2.74. The van der Waals surface area contributed by atoms with Gasteiger partial charge in [-0.15, -0.1) is 5.06 Å². The molecule has 0 aromatic heterocycles. The number of hydrogen-bond donors (Lipinski definition) is 0. The highest BCUT2D eigenvalue weighted by molar-refractivity contribution is 6.68. The SMILES string of the molecule is CC(=O)ON1C(=O)O[C@@H](C(Cl)(Cl)Cl)[C@@H]1Cl. The largest absolute Gasteiger partial charge is 0.445 e. The van der Waals surface area contributed by atoms with Gasteiger partial charge in [-0.25, -0.2) is 4.79 Å². The molecular formula is C6H5Cl4NO4. The van der Waals surface area contributed by atoms with E-state index < -0.39 is 27.5 Å². The van der Waals surface area contributed by atoms with E-state index >= 15 is 0 Å². The normalized spacial score (nSPS) is 26.5. The Morgan fingerprint density at radius 1 is 1.53 bits per heavy atom. The topological polar surface area (TPSA) is 55.8 Å². The van der Waals surface area contributed by atoms with Gasteiger partial charge in [0.2, 0.25) is 3.79 Å². The van der Waals surface area contributed by atoms with E-state index in [9.17, 15) is 9.59 Å². The van der Waals surface area contributed by atoms with E-state index in [-0.39, 0.29) is 0 Å². The van der Waals surface area contributed by atoms with Crippen molar-refractivity contribution in [2.24, 2.45) is 0 Å². The van der Waals surface area contributed by atoms with Crippen LogP contribution >= 0.6 is 46.4 Å². The zero-order valence-corrected chi connectivity index (χ0v) is 10.3. The molecule has 1 rings (SSSR count). The van der Waals surface area contributed by atoms with Crippen LogP contribution in [-0.2, 0) is 14.4 Å². The predicted molar refractivity (Wildman–Crippen MR) is 53.8 cm³/mol. The second kappa shape index (κ2) is 4.41. The second-order valence-corrected chi connectivity index (χ2v) is 5.44. The van der Waals surface area contributed by atoms with Gasteiger partial charge in [-0.1, -0.05) is 46.4 Å². The molecule has 0 bridgehead atoms. The molecule has 1 aliphatic heterocycles. The number of cyclic esters (lactones) is 1. The van der Waals surface area contributed by atoms with Gasteiger partial charge < -0.3 is 9.57 Å². The zero-order valence-electron chi connectivity index (χ0n) is 7.25. The summed E-state index contributed by atoms with van der Waals surface area (Å²) in [5.41, 5.74) is -1.19. The summed E-state index contributed by atoms with van der Waals surface area (Å²) in [6.45, 7) is 1.10. The van der Waals surface area contributed by atoms with Gasteiger partial charge in [0, 0.05) is 6.92 Å². The number of ether oxygens (including phenoxy) is 1. The molecule has 0 radical (unpaired) electrons. The molecule has 1 heterocycles. The van der Waals surface area contributed by atoms with Gasteiger partial charge in [-0.3, -0.25) is 4.79 Å². The number of rotatable bonds is 1. The fourth-order valence-corrected chi connectivity index (χ4v) is 1.93. The molecule has 5 nitrogen and oxygen atoms in total. The maximum Gasteiger partial charge on any atom is 0.445 e. The van der Waals surface area contributed by atoms with Crippen molar-refractivity contribution < 1.29 is 19.2 Å². The van der Waals surface area contributed by atoms with Crippen LogP contribution in [0.1, 0.15) is 6.92 Å². The Bertz CT molecular complexity index is 291. The lowest BCUT2D eigenvalue weighted by Gasteiger charge is -2.21. The molecule has 0 saturated carbocycles. The fraction of sp³-hybridized carbons (Fsp3) is 0.667. The minimum atomic E-state index is -1.89. The highest BCUT2D eigenvalue weighted by atomic mass is 35.6. The molecular weight excluding hydrogens is 292 g/mol. The Labute approximate surface area is 105 Å². The van der Waals surface area contributed by atoms with Crippen molar-refractivity contribution >= 4 is 58.5 Å². The molecule has 86 valence electrons. The van der Waals surface area contributed by atoms with Gasteiger partial charge in [0.1, 0.15) is 0 Å². The van der Waals surface area contributed by atoms with Crippen molar-refractivity contribution in [1.82, 2.24) is 5.06 Å². The highest BCUT2D eigenvalue weighted by Gasteiger charge is 2.53. The molecule has 9 heteroatoms. The molecule has 0 aromatic carbocycles. The standard InChI is InChI=1S/C6H5Cl4NO4/c1-2(12)15-11-4(7)3(6(8,9)10)14-5(11)13/h3-4H,1H3/t3-,4-/m1/s1. The number of hydroxylamine groups is 2. The number of nitrogens with zero attached hydrogens (tertiary/aromatic N) is 1. The van der Waals surface area contributed by atoms with Crippen molar-refractivity contribution in [2.75, 3.05) is 0 Å². The van der Waals surface area contributed by atoms with Crippen LogP contribution in [0, 0.1) is 0 Å². The van der Waals surface area contributed by atoms with Crippen LogP contribution in [0.4, 0.5) is 4.79 Å². The Morgan fingerprint density at radius 3 is 2.40 bits per heavy atom. The number of amides is 1. The number of carbonyl (C=O) groups excluding carboxylic acids is 2. The lowest BCUT2D eigenvalue weighted by atomic mass is 10.4. The number of hydrogen-bond acceptors (Lipinski definition) is 4. The average molecular weight is 297 g/mol. The van der Waals surface area contributed by atoms with Gasteiger partial charge in [0.15, 0.2) is 11.6 Å². The van der Waals surface area contributed by atoms with Gasteiger partial charge in [-0.05, 0) is 0 Å². The van der Waals surface area contributed by atoms with Crippen molar-refractivity contribution in [3.8, 4) is 0 Å². The maximum atomic E-state index is 11.1. The molecule has 0 spiro atoms. The first-order valence-corrected chi connectivity index (χ1v) is 5.19. The quantitative estimate of drug-likeness (QED) is 0.550. The molecule has 0 N–H and O–H groups in total. The molecule has 0 aliphatic carbocycles. The van der Waals surface area contributed by atoms with Crippen LogP contribution in [-0.4, -0.2) is 32.5 Å². The molecule has 15 heavy (non-hydrogen) atoms. The van der Waals surface area contributed by atoms with Gasteiger partial charge in [-0.2, -0.15) is 0 Å². The van der Waals surface area contributed by atoms with Crippen molar-refractivity contribution in [2.45, 2.75) is 22.3 Å². The second-order valence-electron chi connectivity index (χ2n) is 2.63. The maximum absolute atomic E-state index is 11.1. The Kier molecular flexibility index (Phi) is 3.81. The molecule has 1 aliphatic rings. The van der Waals surface area contributed by atoms with E-state index in [1.807, 2.05) is 0 Å². The molecule has 2 atom stereocenters. The smallest absolute Gasteiger partial charge is 0.436 e. The van der Waals surface area contributed by atoms with E-state index in [2.05, 4.69) is 9.57 Å². The van der Waals surface area contributed by atoms with E-state index in [0.717, 1.165) is 6.92 Å². The Morgan fingerprint density at radius 2 is 2.07 bits per heavy atom. The zero-order chi connectivity index (χ0) is 11.8. The summed E-state index contributed by atoms with van der Waals surface area (Å²) in [7, 11) is 0. The van der Waals surface area contributed by atoms with E-state index in [1.165, 1.54) is 0 Å². The predicted octanol–water partition coefficient (Wildman–Crippen LogP) is 2.22. The van der Waals surface area contributed by atoms with Crippen LogP contribution < -0.4 is 0 Å². The van der Waals surface area contributed by atoms with Crippen LogP contribution in [0.5, 0.6) is 0 Å². The van der Waals surface area contributed by atoms with Crippen LogP contribution in [0.3, 0.4) is 0 Å². The summed E-state index contributed by atoms with van der Waals surface area (Å²) in [4.78, 5) is 26.2. The van der Waals surface area contributed by atoms with E-state index in [0.29, 0.717) is 5.06 Å². The van der Waals surface area contributed by atoms with Crippen molar-refractivity contribution in [3.05, 3.63) is 0 Å². The summed E-state index contributed by atoms with van der Waals surface area (Å²) in [5, 5.41) is 0.510. The molecule has 1 amide bonds. The van der Waals surface area contributed by atoms with Gasteiger partial charge in [0.05, 0.1) is 0 Å². The minimum absolute atomic E-state index is 0.510. The third-order valence-electron chi connectivity index (χ3n) is 1.43. The minimum Gasteiger partial charge on any atom is -0.436 e. The summed E-state index contributed by atoms with van der Waals surface area (Å²) in [6, 6.07) is 0. The first kappa shape index (κ1) is 13.0. The van der Waals surface area contributed by atoms with E-state index in [1.54, 1.807) is 0 Å². The lowest BCUT2D eigenvalue weighted by molar-refractivity contribution is -0.174. The molecule has 0 aromatic rings. The Balaban J connectivity index is 2.79. The van der Waals surface area contributed by atoms with Crippen molar-refractivity contribution in [3.63, 3.8) is 0 Å². The number of carbonyl (C=O) groups is 2. The van der Waals surface area contributed by atoms with Crippen molar-refractivity contribution in [1.29, 1.82) is 0 Å². The third-order valence-corrected chi connectivity index (χ3v) is 2.48. The van der Waals surface area contributed by atoms with Gasteiger partial charge >= 0.3 is 12.1 Å². The monoisotopic (exact) mass is 295 g/mol. The van der Waals surface area contributed by atoms with Gasteiger partial charge in [0.25, 0.3) is 0 Å². The van der Waals surface area contributed by atoms with Crippen LogP contribution in [0.25, 0.3) is 0 Å². The highest BCUT2D eigenvalue weighted by Crippen LogP contribution is 2.40. The summed E-state index contributed by atoms with van der Waals surface area (Å²) in [6.07, 6.45) is -2.20. The van der Waals surface area contributed by atoms with E-state index in [4.69, 9.17) is 46.4 Å².